The molecule has 1 N–H and O–H groups in total. The summed E-state index contributed by atoms with van der Waals surface area (Å²) in [5, 5.41) is 10.6. The molecule has 0 bridgehead atoms. The van der Waals surface area contributed by atoms with Crippen LogP contribution in [0.5, 0.6) is 0 Å². The standard InChI is InChI=1S/C12H16ClN3S/c1-7-5-15-16(4)11(7)10(14-3)12-9(13)8(2)6-17-12/h5-6,10,14H,1-4H3. The van der Waals surface area contributed by atoms with Crippen LogP contribution in [0.2, 0.25) is 5.02 Å². The van der Waals surface area contributed by atoms with E-state index in [-0.39, 0.29) is 6.04 Å². The molecular formula is C12H16ClN3S. The highest BCUT2D eigenvalue weighted by Crippen LogP contribution is 2.36. The number of nitrogens with one attached hydrogen (secondary N) is 1. The van der Waals surface area contributed by atoms with Crippen molar-refractivity contribution in [2.75, 3.05) is 7.05 Å². The van der Waals surface area contributed by atoms with E-state index in [4.69, 9.17) is 11.6 Å². The predicted molar refractivity (Wildman–Crippen MR) is 72.9 cm³/mol. The molecule has 0 amide bonds. The second-order valence-electron chi connectivity index (χ2n) is 4.16. The highest BCUT2D eigenvalue weighted by molar-refractivity contribution is 7.10. The number of aryl methyl sites for hydroxylation is 3. The monoisotopic (exact) mass is 269 g/mol. The molecular weight excluding hydrogens is 254 g/mol. The van der Waals surface area contributed by atoms with Crippen LogP contribution in [-0.2, 0) is 7.05 Å². The van der Waals surface area contributed by atoms with Gasteiger partial charge in [-0.25, -0.2) is 0 Å². The van der Waals surface area contributed by atoms with Gasteiger partial charge < -0.3 is 5.32 Å². The molecule has 0 aliphatic carbocycles. The fraction of sp³-hybridized carbons (Fsp3) is 0.417. The van der Waals surface area contributed by atoms with Crippen LogP contribution in [0, 0.1) is 13.8 Å². The van der Waals surface area contributed by atoms with Crippen LogP contribution in [0.3, 0.4) is 0 Å². The molecule has 1 unspecified atom stereocenters. The van der Waals surface area contributed by atoms with E-state index in [1.165, 1.54) is 5.56 Å². The molecule has 1 atom stereocenters. The molecule has 0 radical (unpaired) electrons. The second kappa shape index (κ2) is 4.80. The van der Waals surface area contributed by atoms with Crippen LogP contribution >= 0.6 is 22.9 Å². The molecule has 3 nitrogen and oxygen atoms in total. The molecule has 0 aromatic carbocycles. The molecule has 5 heteroatoms. The molecule has 2 rings (SSSR count). The van der Waals surface area contributed by atoms with Crippen molar-refractivity contribution in [1.29, 1.82) is 0 Å². The van der Waals surface area contributed by atoms with Crippen LogP contribution in [0.25, 0.3) is 0 Å². The molecule has 0 saturated carbocycles. The molecule has 0 saturated heterocycles. The van der Waals surface area contributed by atoms with Gasteiger partial charge in [0.1, 0.15) is 0 Å². The van der Waals surface area contributed by atoms with Gasteiger partial charge in [0.2, 0.25) is 0 Å². The summed E-state index contributed by atoms with van der Waals surface area (Å²) in [5.74, 6) is 0. The average Bonchev–Trinajstić information content (AvgIpc) is 2.79. The van der Waals surface area contributed by atoms with E-state index in [2.05, 4.69) is 22.7 Å². The molecule has 0 aliphatic rings. The number of aromatic nitrogens is 2. The van der Waals surface area contributed by atoms with Gasteiger partial charge in [-0.05, 0) is 37.4 Å². The van der Waals surface area contributed by atoms with E-state index in [1.54, 1.807) is 11.3 Å². The Balaban J connectivity index is 2.51. The molecule has 0 aliphatic heterocycles. The lowest BCUT2D eigenvalue weighted by molar-refractivity contribution is 0.610. The van der Waals surface area contributed by atoms with E-state index in [0.717, 1.165) is 21.2 Å². The largest absolute Gasteiger partial charge is 0.307 e. The Bertz CT molecular complexity index is 510. The van der Waals surface area contributed by atoms with Gasteiger partial charge in [-0.15, -0.1) is 11.3 Å². The van der Waals surface area contributed by atoms with Gasteiger partial charge in [-0.1, -0.05) is 11.6 Å². The predicted octanol–water partition coefficient (Wildman–Crippen LogP) is 3.06. The Morgan fingerprint density at radius 3 is 2.53 bits per heavy atom. The van der Waals surface area contributed by atoms with Crippen molar-refractivity contribution in [3.8, 4) is 0 Å². The maximum Gasteiger partial charge on any atom is 0.0857 e. The smallest absolute Gasteiger partial charge is 0.0857 e. The Morgan fingerprint density at radius 2 is 2.12 bits per heavy atom. The highest BCUT2D eigenvalue weighted by atomic mass is 35.5. The van der Waals surface area contributed by atoms with Gasteiger partial charge in [0.05, 0.1) is 23.0 Å². The van der Waals surface area contributed by atoms with Crippen molar-refractivity contribution in [2.24, 2.45) is 7.05 Å². The van der Waals surface area contributed by atoms with Crippen LogP contribution in [-0.4, -0.2) is 16.8 Å². The third-order valence-corrected chi connectivity index (χ3v) is 4.71. The summed E-state index contributed by atoms with van der Waals surface area (Å²) < 4.78 is 1.90. The molecule has 2 heterocycles. The summed E-state index contributed by atoms with van der Waals surface area (Å²) in [5.41, 5.74) is 3.47. The van der Waals surface area contributed by atoms with Crippen LogP contribution in [0.4, 0.5) is 0 Å². The first-order valence-corrected chi connectivity index (χ1v) is 6.71. The third kappa shape index (κ3) is 2.12. The minimum absolute atomic E-state index is 0.105. The molecule has 17 heavy (non-hydrogen) atoms. The zero-order valence-corrected chi connectivity index (χ0v) is 12.0. The molecule has 0 spiro atoms. The minimum atomic E-state index is 0.105. The first-order chi connectivity index (χ1) is 8.06. The molecule has 2 aromatic rings. The second-order valence-corrected chi connectivity index (χ2v) is 5.44. The highest BCUT2D eigenvalue weighted by Gasteiger charge is 2.22. The van der Waals surface area contributed by atoms with Crippen molar-refractivity contribution >= 4 is 22.9 Å². The van der Waals surface area contributed by atoms with Gasteiger partial charge >= 0.3 is 0 Å². The van der Waals surface area contributed by atoms with Crippen molar-refractivity contribution in [3.05, 3.63) is 38.3 Å². The lowest BCUT2D eigenvalue weighted by Gasteiger charge is -2.17. The number of hydrogen-bond donors (Lipinski definition) is 1. The van der Waals surface area contributed by atoms with Gasteiger partial charge in [0.15, 0.2) is 0 Å². The minimum Gasteiger partial charge on any atom is -0.307 e. The maximum absolute atomic E-state index is 6.34. The van der Waals surface area contributed by atoms with E-state index in [0.29, 0.717) is 0 Å². The number of thiophene rings is 1. The van der Waals surface area contributed by atoms with E-state index in [9.17, 15) is 0 Å². The lowest BCUT2D eigenvalue weighted by atomic mass is 10.1. The zero-order chi connectivity index (χ0) is 12.6. The first kappa shape index (κ1) is 12.6. The summed E-state index contributed by atoms with van der Waals surface area (Å²) in [6.45, 7) is 4.10. The lowest BCUT2D eigenvalue weighted by Crippen LogP contribution is -2.20. The zero-order valence-electron chi connectivity index (χ0n) is 10.4. The number of halogens is 1. The molecule has 0 fully saturated rings. The third-order valence-electron chi connectivity index (χ3n) is 2.93. The van der Waals surface area contributed by atoms with Gasteiger partial charge in [0, 0.05) is 11.9 Å². The summed E-state index contributed by atoms with van der Waals surface area (Å²) in [6, 6.07) is 0.105. The quantitative estimate of drug-likeness (QED) is 0.928. The Morgan fingerprint density at radius 1 is 1.41 bits per heavy atom. The van der Waals surface area contributed by atoms with Gasteiger partial charge in [-0.3, -0.25) is 4.68 Å². The Hall–Kier alpha value is -0.840. The number of hydrogen-bond acceptors (Lipinski definition) is 3. The first-order valence-electron chi connectivity index (χ1n) is 5.45. The number of rotatable bonds is 3. The van der Waals surface area contributed by atoms with Crippen molar-refractivity contribution < 1.29 is 0 Å². The van der Waals surface area contributed by atoms with Crippen molar-refractivity contribution in [3.63, 3.8) is 0 Å². The maximum atomic E-state index is 6.34. The van der Waals surface area contributed by atoms with Gasteiger partial charge in [-0.2, -0.15) is 5.10 Å². The fourth-order valence-corrected chi connectivity index (χ4v) is 3.42. The van der Waals surface area contributed by atoms with Crippen molar-refractivity contribution in [2.45, 2.75) is 19.9 Å². The summed E-state index contributed by atoms with van der Waals surface area (Å²) in [4.78, 5) is 1.15. The Kier molecular flexibility index (Phi) is 3.56. The molecule has 92 valence electrons. The Labute approximate surface area is 110 Å². The SMILES string of the molecule is CNC(c1scc(C)c1Cl)c1c(C)cnn1C. The number of nitrogens with zero attached hydrogens (tertiary/aromatic N) is 2. The van der Waals surface area contributed by atoms with E-state index < -0.39 is 0 Å². The topological polar surface area (TPSA) is 29.9 Å². The summed E-state index contributed by atoms with van der Waals surface area (Å²) in [7, 11) is 3.91. The van der Waals surface area contributed by atoms with E-state index in [1.807, 2.05) is 31.9 Å². The fourth-order valence-electron chi connectivity index (χ4n) is 2.01. The summed E-state index contributed by atoms with van der Waals surface area (Å²) in [6.07, 6.45) is 1.88. The average molecular weight is 270 g/mol. The normalized spacial score (nSPS) is 13.0. The van der Waals surface area contributed by atoms with Crippen molar-refractivity contribution in [1.82, 2.24) is 15.1 Å². The van der Waals surface area contributed by atoms with Crippen LogP contribution in [0.15, 0.2) is 11.6 Å². The summed E-state index contributed by atoms with van der Waals surface area (Å²) >= 11 is 8.03. The van der Waals surface area contributed by atoms with E-state index >= 15 is 0 Å². The van der Waals surface area contributed by atoms with Crippen LogP contribution < -0.4 is 5.32 Å². The molecule has 2 aromatic heterocycles. The van der Waals surface area contributed by atoms with Gasteiger partial charge in [0.25, 0.3) is 0 Å². The van der Waals surface area contributed by atoms with Crippen LogP contribution in [0.1, 0.15) is 27.7 Å².